The molecule has 0 saturated carbocycles. The van der Waals surface area contributed by atoms with Crippen molar-refractivity contribution >= 4 is 5.91 Å². The summed E-state index contributed by atoms with van der Waals surface area (Å²) in [6.07, 6.45) is 2.07. The Balaban J connectivity index is 1.84. The molecule has 0 unspecified atom stereocenters. The van der Waals surface area contributed by atoms with Crippen LogP contribution in [0.25, 0.3) is 11.1 Å². The monoisotopic (exact) mass is 346 g/mol. The van der Waals surface area contributed by atoms with Crippen LogP contribution >= 0.6 is 0 Å². The molecule has 1 aromatic heterocycles. The van der Waals surface area contributed by atoms with Gasteiger partial charge in [0.15, 0.2) is 0 Å². The van der Waals surface area contributed by atoms with Gasteiger partial charge in [-0.1, -0.05) is 56.3 Å². The summed E-state index contributed by atoms with van der Waals surface area (Å²) in [6.45, 7) is 8.42. The number of rotatable bonds is 5. The third-order valence-electron chi connectivity index (χ3n) is 4.84. The summed E-state index contributed by atoms with van der Waals surface area (Å²) >= 11 is 0. The standard InChI is InChI=1S/C23H26N2O/c1-16(2)10-15-22-17(3)24-25(18(22)4)23(26)21-13-11-20(12-14-21)19-8-6-5-7-9-19/h5-9,11-14,16H,10,15H2,1-4H3. The number of benzene rings is 2. The molecule has 0 spiro atoms. The summed E-state index contributed by atoms with van der Waals surface area (Å²) in [5.41, 5.74) is 6.03. The molecule has 3 nitrogen and oxygen atoms in total. The van der Waals surface area contributed by atoms with Gasteiger partial charge in [-0.15, -0.1) is 0 Å². The van der Waals surface area contributed by atoms with Gasteiger partial charge in [0.25, 0.3) is 5.91 Å². The van der Waals surface area contributed by atoms with Gasteiger partial charge in [-0.2, -0.15) is 5.10 Å². The number of hydrogen-bond donors (Lipinski definition) is 0. The van der Waals surface area contributed by atoms with Crippen LogP contribution < -0.4 is 0 Å². The van der Waals surface area contributed by atoms with Gasteiger partial charge in [0.1, 0.15) is 0 Å². The van der Waals surface area contributed by atoms with Crippen molar-refractivity contribution in [2.45, 2.75) is 40.5 Å². The third kappa shape index (κ3) is 3.77. The van der Waals surface area contributed by atoms with Crippen molar-refractivity contribution in [2.75, 3.05) is 0 Å². The highest BCUT2D eigenvalue weighted by Crippen LogP contribution is 2.21. The Morgan fingerprint density at radius 2 is 1.58 bits per heavy atom. The molecular formula is C23H26N2O. The maximum atomic E-state index is 12.9. The topological polar surface area (TPSA) is 34.9 Å². The van der Waals surface area contributed by atoms with Gasteiger partial charge in [0, 0.05) is 11.3 Å². The molecule has 0 saturated heterocycles. The molecule has 0 amide bonds. The highest BCUT2D eigenvalue weighted by atomic mass is 16.2. The molecule has 0 N–H and O–H groups in total. The Labute approximate surface area is 155 Å². The lowest BCUT2D eigenvalue weighted by molar-refractivity contribution is 0.0942. The van der Waals surface area contributed by atoms with Gasteiger partial charge >= 0.3 is 0 Å². The molecule has 0 atom stereocenters. The summed E-state index contributed by atoms with van der Waals surface area (Å²) < 4.78 is 1.56. The first-order valence-electron chi connectivity index (χ1n) is 9.22. The zero-order valence-corrected chi connectivity index (χ0v) is 16.0. The molecule has 0 radical (unpaired) electrons. The smallest absolute Gasteiger partial charge is 0.267 e. The minimum atomic E-state index is -0.0685. The van der Waals surface area contributed by atoms with Crippen molar-refractivity contribution in [3.8, 4) is 11.1 Å². The molecule has 2 aromatic carbocycles. The van der Waals surface area contributed by atoms with Crippen LogP contribution in [0.3, 0.4) is 0 Å². The normalized spacial score (nSPS) is 11.1. The lowest BCUT2D eigenvalue weighted by atomic mass is 10.0. The number of carbonyl (C=O) groups excluding carboxylic acids is 1. The van der Waals surface area contributed by atoms with Crippen LogP contribution in [-0.2, 0) is 6.42 Å². The fourth-order valence-corrected chi connectivity index (χ4v) is 3.23. The Morgan fingerprint density at radius 3 is 2.19 bits per heavy atom. The fourth-order valence-electron chi connectivity index (χ4n) is 3.23. The van der Waals surface area contributed by atoms with Crippen molar-refractivity contribution in [2.24, 2.45) is 5.92 Å². The largest absolute Gasteiger partial charge is 0.278 e. The average molecular weight is 346 g/mol. The number of hydrogen-bond acceptors (Lipinski definition) is 2. The second-order valence-corrected chi connectivity index (χ2v) is 7.24. The summed E-state index contributed by atoms with van der Waals surface area (Å²) in [4.78, 5) is 12.9. The molecule has 0 fully saturated rings. The maximum Gasteiger partial charge on any atom is 0.278 e. The van der Waals surface area contributed by atoms with Crippen LogP contribution in [0, 0.1) is 19.8 Å². The first-order chi connectivity index (χ1) is 12.5. The van der Waals surface area contributed by atoms with E-state index in [1.807, 2.05) is 56.3 Å². The first kappa shape index (κ1) is 18.1. The molecule has 26 heavy (non-hydrogen) atoms. The predicted molar refractivity (Wildman–Crippen MR) is 106 cm³/mol. The number of carbonyl (C=O) groups is 1. The highest BCUT2D eigenvalue weighted by molar-refractivity contribution is 5.96. The van der Waals surface area contributed by atoms with Gasteiger partial charge in [0.05, 0.1) is 5.69 Å². The quantitative estimate of drug-likeness (QED) is 0.616. The zero-order chi connectivity index (χ0) is 18.7. The van der Waals surface area contributed by atoms with E-state index in [-0.39, 0.29) is 5.91 Å². The molecular weight excluding hydrogens is 320 g/mol. The predicted octanol–water partition coefficient (Wildman–Crippen LogP) is 5.44. The summed E-state index contributed by atoms with van der Waals surface area (Å²) in [7, 11) is 0. The second kappa shape index (κ2) is 7.69. The van der Waals surface area contributed by atoms with E-state index in [0.717, 1.165) is 35.4 Å². The summed E-state index contributed by atoms with van der Waals surface area (Å²) in [6, 6.07) is 17.9. The number of nitrogens with zero attached hydrogens (tertiary/aromatic N) is 2. The summed E-state index contributed by atoms with van der Waals surface area (Å²) in [5, 5.41) is 4.51. The van der Waals surface area contributed by atoms with E-state index < -0.39 is 0 Å². The van der Waals surface area contributed by atoms with Crippen LogP contribution in [0.5, 0.6) is 0 Å². The van der Waals surface area contributed by atoms with E-state index >= 15 is 0 Å². The van der Waals surface area contributed by atoms with Crippen molar-refractivity contribution in [1.82, 2.24) is 9.78 Å². The zero-order valence-electron chi connectivity index (χ0n) is 16.0. The molecule has 3 aromatic rings. The van der Waals surface area contributed by atoms with Gasteiger partial charge in [-0.05, 0) is 61.4 Å². The van der Waals surface area contributed by atoms with Gasteiger partial charge in [0.2, 0.25) is 0 Å². The van der Waals surface area contributed by atoms with Crippen molar-refractivity contribution in [3.05, 3.63) is 77.1 Å². The van der Waals surface area contributed by atoms with Crippen LogP contribution in [0.4, 0.5) is 0 Å². The van der Waals surface area contributed by atoms with Crippen molar-refractivity contribution in [3.63, 3.8) is 0 Å². The molecule has 134 valence electrons. The highest BCUT2D eigenvalue weighted by Gasteiger charge is 2.18. The van der Waals surface area contributed by atoms with Crippen LogP contribution in [-0.4, -0.2) is 15.7 Å². The minimum Gasteiger partial charge on any atom is -0.267 e. The Hall–Kier alpha value is -2.68. The van der Waals surface area contributed by atoms with E-state index in [2.05, 4.69) is 31.1 Å². The Kier molecular flexibility index (Phi) is 5.36. The van der Waals surface area contributed by atoms with Gasteiger partial charge in [-0.25, -0.2) is 4.68 Å². The van der Waals surface area contributed by atoms with E-state index in [1.54, 1.807) is 4.68 Å². The third-order valence-corrected chi connectivity index (χ3v) is 4.84. The van der Waals surface area contributed by atoms with Crippen molar-refractivity contribution in [1.29, 1.82) is 0 Å². The molecule has 0 bridgehead atoms. The Bertz CT molecular complexity index is 890. The SMILES string of the molecule is Cc1nn(C(=O)c2ccc(-c3ccccc3)cc2)c(C)c1CCC(C)C. The lowest BCUT2D eigenvalue weighted by Crippen LogP contribution is -2.15. The van der Waals surface area contributed by atoms with Crippen LogP contribution in [0.2, 0.25) is 0 Å². The fraction of sp³-hybridized carbons (Fsp3) is 0.304. The first-order valence-corrected chi connectivity index (χ1v) is 9.22. The second-order valence-electron chi connectivity index (χ2n) is 7.24. The average Bonchev–Trinajstić information content (AvgIpc) is 2.94. The Morgan fingerprint density at radius 1 is 0.962 bits per heavy atom. The van der Waals surface area contributed by atoms with Gasteiger partial charge < -0.3 is 0 Å². The molecule has 0 aliphatic rings. The van der Waals surface area contributed by atoms with E-state index in [4.69, 9.17) is 0 Å². The van der Waals surface area contributed by atoms with E-state index in [9.17, 15) is 4.79 Å². The molecule has 0 aliphatic heterocycles. The minimum absolute atomic E-state index is 0.0685. The lowest BCUT2D eigenvalue weighted by Gasteiger charge is -2.07. The maximum absolute atomic E-state index is 12.9. The molecule has 3 heteroatoms. The molecule has 1 heterocycles. The number of aromatic nitrogens is 2. The van der Waals surface area contributed by atoms with Crippen LogP contribution in [0.15, 0.2) is 54.6 Å². The summed E-state index contributed by atoms with van der Waals surface area (Å²) in [5.74, 6) is 0.569. The number of aryl methyl sites for hydroxylation is 1. The van der Waals surface area contributed by atoms with Crippen molar-refractivity contribution < 1.29 is 4.79 Å². The van der Waals surface area contributed by atoms with Gasteiger partial charge in [-0.3, -0.25) is 4.79 Å². The van der Waals surface area contributed by atoms with E-state index in [1.165, 1.54) is 5.56 Å². The van der Waals surface area contributed by atoms with Crippen LogP contribution in [0.1, 0.15) is 47.6 Å². The molecule has 3 rings (SSSR count). The van der Waals surface area contributed by atoms with E-state index in [0.29, 0.717) is 11.5 Å². The molecule has 0 aliphatic carbocycles.